The van der Waals surface area contributed by atoms with Gasteiger partial charge < -0.3 is 9.47 Å². The van der Waals surface area contributed by atoms with E-state index in [2.05, 4.69) is 5.10 Å². The standard InChI is InChI=1S/C15H18N2O5S/c1-5-22-15(18)12-9-13(17(2)16-12)11-7-6-10(23(4,19)20)8-14(11)21-3/h6-9H,5H2,1-4H3. The molecule has 0 aliphatic heterocycles. The highest BCUT2D eigenvalue weighted by Crippen LogP contribution is 2.32. The molecule has 0 saturated carbocycles. The lowest BCUT2D eigenvalue weighted by molar-refractivity contribution is 0.0518. The highest BCUT2D eigenvalue weighted by atomic mass is 32.2. The van der Waals surface area contributed by atoms with Gasteiger partial charge in [0, 0.05) is 18.9 Å². The van der Waals surface area contributed by atoms with Crippen molar-refractivity contribution in [2.45, 2.75) is 11.8 Å². The zero-order valence-electron chi connectivity index (χ0n) is 13.4. The van der Waals surface area contributed by atoms with Crippen molar-refractivity contribution >= 4 is 15.8 Å². The monoisotopic (exact) mass is 338 g/mol. The maximum Gasteiger partial charge on any atom is 0.358 e. The molecule has 0 spiro atoms. The van der Waals surface area contributed by atoms with Crippen LogP contribution >= 0.6 is 0 Å². The number of carbonyl (C=O) groups is 1. The Bertz CT molecular complexity index is 840. The number of carbonyl (C=O) groups excluding carboxylic acids is 1. The zero-order valence-corrected chi connectivity index (χ0v) is 14.2. The highest BCUT2D eigenvalue weighted by Gasteiger charge is 2.19. The summed E-state index contributed by atoms with van der Waals surface area (Å²) in [5.41, 5.74) is 1.42. The number of benzene rings is 1. The molecule has 7 nitrogen and oxygen atoms in total. The van der Waals surface area contributed by atoms with Gasteiger partial charge in [0.15, 0.2) is 15.5 Å². The molecule has 1 aromatic heterocycles. The van der Waals surface area contributed by atoms with Crippen LogP contribution in [0.4, 0.5) is 0 Å². The summed E-state index contributed by atoms with van der Waals surface area (Å²) in [6.45, 7) is 1.98. The van der Waals surface area contributed by atoms with Crippen LogP contribution < -0.4 is 4.74 Å². The van der Waals surface area contributed by atoms with Crippen LogP contribution in [-0.4, -0.2) is 44.1 Å². The Morgan fingerprint density at radius 2 is 2.00 bits per heavy atom. The van der Waals surface area contributed by atoms with E-state index in [4.69, 9.17) is 9.47 Å². The fourth-order valence-electron chi connectivity index (χ4n) is 2.14. The number of rotatable bonds is 5. The Morgan fingerprint density at radius 1 is 1.30 bits per heavy atom. The van der Waals surface area contributed by atoms with E-state index >= 15 is 0 Å². The molecule has 23 heavy (non-hydrogen) atoms. The van der Waals surface area contributed by atoms with E-state index in [-0.39, 0.29) is 17.2 Å². The van der Waals surface area contributed by atoms with E-state index in [0.717, 1.165) is 6.26 Å². The third kappa shape index (κ3) is 3.53. The number of hydrogen-bond donors (Lipinski definition) is 0. The van der Waals surface area contributed by atoms with Crippen molar-refractivity contribution in [3.63, 3.8) is 0 Å². The third-order valence-corrected chi connectivity index (χ3v) is 4.35. The predicted molar refractivity (Wildman–Crippen MR) is 84.3 cm³/mol. The zero-order chi connectivity index (χ0) is 17.2. The molecule has 8 heteroatoms. The molecule has 124 valence electrons. The van der Waals surface area contributed by atoms with E-state index in [0.29, 0.717) is 17.0 Å². The lowest BCUT2D eigenvalue weighted by Gasteiger charge is -2.10. The first-order chi connectivity index (χ1) is 10.8. The van der Waals surface area contributed by atoms with Crippen LogP contribution in [0.15, 0.2) is 29.2 Å². The number of hydrogen-bond acceptors (Lipinski definition) is 6. The van der Waals surface area contributed by atoms with E-state index < -0.39 is 15.8 Å². The predicted octanol–water partition coefficient (Wildman–Crippen LogP) is 1.68. The second-order valence-electron chi connectivity index (χ2n) is 4.89. The Morgan fingerprint density at radius 3 is 2.57 bits per heavy atom. The lowest BCUT2D eigenvalue weighted by Crippen LogP contribution is -2.06. The van der Waals surface area contributed by atoms with Gasteiger partial charge in [0.05, 0.1) is 24.3 Å². The molecule has 1 aromatic carbocycles. The molecule has 2 aromatic rings. The van der Waals surface area contributed by atoms with E-state index in [1.54, 1.807) is 26.1 Å². The molecule has 1 heterocycles. The van der Waals surface area contributed by atoms with Gasteiger partial charge in [-0.3, -0.25) is 4.68 Å². The van der Waals surface area contributed by atoms with Crippen molar-refractivity contribution in [3.8, 4) is 17.0 Å². The molecule has 0 N–H and O–H groups in total. The molecular formula is C15H18N2O5S. The van der Waals surface area contributed by atoms with Crippen LogP contribution in [0.3, 0.4) is 0 Å². The van der Waals surface area contributed by atoms with Crippen molar-refractivity contribution < 1.29 is 22.7 Å². The first kappa shape index (κ1) is 17.0. The number of ether oxygens (including phenoxy) is 2. The average Bonchev–Trinajstić information content (AvgIpc) is 2.88. The summed E-state index contributed by atoms with van der Waals surface area (Å²) in [6.07, 6.45) is 1.13. The van der Waals surface area contributed by atoms with Crippen molar-refractivity contribution in [1.82, 2.24) is 9.78 Å². The minimum atomic E-state index is -3.34. The largest absolute Gasteiger partial charge is 0.496 e. The van der Waals surface area contributed by atoms with Crippen molar-refractivity contribution in [1.29, 1.82) is 0 Å². The molecule has 0 saturated heterocycles. The second kappa shape index (κ2) is 6.41. The minimum Gasteiger partial charge on any atom is -0.496 e. The smallest absolute Gasteiger partial charge is 0.358 e. The summed E-state index contributed by atoms with van der Waals surface area (Å²) in [6, 6.07) is 6.14. The van der Waals surface area contributed by atoms with Crippen LogP contribution in [-0.2, 0) is 21.6 Å². The highest BCUT2D eigenvalue weighted by molar-refractivity contribution is 7.90. The van der Waals surface area contributed by atoms with Crippen LogP contribution in [0.25, 0.3) is 11.3 Å². The van der Waals surface area contributed by atoms with Crippen molar-refractivity contribution in [3.05, 3.63) is 30.0 Å². The quantitative estimate of drug-likeness (QED) is 0.771. The summed E-state index contributed by atoms with van der Waals surface area (Å²) in [5.74, 6) is -0.132. The van der Waals surface area contributed by atoms with Crippen molar-refractivity contribution in [2.75, 3.05) is 20.0 Å². The van der Waals surface area contributed by atoms with E-state index in [9.17, 15) is 13.2 Å². The first-order valence-electron chi connectivity index (χ1n) is 6.87. The van der Waals surface area contributed by atoms with Crippen LogP contribution in [0, 0.1) is 0 Å². The first-order valence-corrected chi connectivity index (χ1v) is 8.76. The van der Waals surface area contributed by atoms with Gasteiger partial charge >= 0.3 is 5.97 Å². The van der Waals surface area contributed by atoms with Gasteiger partial charge in [-0.15, -0.1) is 0 Å². The Balaban J connectivity index is 2.52. The lowest BCUT2D eigenvalue weighted by atomic mass is 10.1. The summed E-state index contributed by atoms with van der Waals surface area (Å²) < 4.78 is 35.0. The number of methoxy groups -OCH3 is 1. The summed E-state index contributed by atoms with van der Waals surface area (Å²) in [4.78, 5) is 11.9. The number of sulfone groups is 1. The van der Waals surface area contributed by atoms with Gasteiger partial charge in [-0.05, 0) is 31.2 Å². The van der Waals surface area contributed by atoms with E-state index in [1.165, 1.54) is 23.9 Å². The average molecular weight is 338 g/mol. The third-order valence-electron chi connectivity index (χ3n) is 3.24. The SMILES string of the molecule is CCOC(=O)c1cc(-c2ccc(S(C)(=O)=O)cc2OC)n(C)n1. The molecule has 0 atom stereocenters. The Kier molecular flexibility index (Phi) is 4.74. The maximum atomic E-state index is 11.8. The second-order valence-corrected chi connectivity index (χ2v) is 6.91. The number of nitrogens with zero attached hydrogens (tertiary/aromatic N) is 2. The normalized spacial score (nSPS) is 11.3. The maximum absolute atomic E-state index is 11.8. The van der Waals surface area contributed by atoms with Gasteiger partial charge in [0.2, 0.25) is 0 Å². The number of aromatic nitrogens is 2. The molecule has 0 radical (unpaired) electrons. The minimum absolute atomic E-state index is 0.158. The molecule has 0 fully saturated rings. The molecule has 0 aliphatic rings. The molecule has 0 unspecified atom stereocenters. The van der Waals surface area contributed by atoms with Crippen LogP contribution in [0.1, 0.15) is 17.4 Å². The summed E-state index contributed by atoms with van der Waals surface area (Å²) >= 11 is 0. The topological polar surface area (TPSA) is 87.5 Å². The number of esters is 1. The summed E-state index contributed by atoms with van der Waals surface area (Å²) in [7, 11) is -0.202. The van der Waals surface area contributed by atoms with Gasteiger partial charge in [0.25, 0.3) is 0 Å². The Hall–Kier alpha value is -2.35. The molecule has 0 amide bonds. The number of aryl methyl sites for hydroxylation is 1. The fourth-order valence-corrected chi connectivity index (χ4v) is 2.77. The van der Waals surface area contributed by atoms with Gasteiger partial charge in [-0.1, -0.05) is 0 Å². The Labute approximate surface area is 134 Å². The molecule has 0 bridgehead atoms. The van der Waals surface area contributed by atoms with Crippen molar-refractivity contribution in [2.24, 2.45) is 7.05 Å². The fraction of sp³-hybridized carbons (Fsp3) is 0.333. The molecule has 0 aliphatic carbocycles. The van der Waals surface area contributed by atoms with Crippen LogP contribution in [0.2, 0.25) is 0 Å². The van der Waals surface area contributed by atoms with Crippen LogP contribution in [0.5, 0.6) is 5.75 Å². The molecular weight excluding hydrogens is 320 g/mol. The summed E-state index contributed by atoms with van der Waals surface area (Å²) in [5, 5.41) is 4.12. The van der Waals surface area contributed by atoms with E-state index in [1.807, 2.05) is 0 Å². The van der Waals surface area contributed by atoms with Gasteiger partial charge in [-0.2, -0.15) is 5.10 Å². The molecule has 2 rings (SSSR count). The van der Waals surface area contributed by atoms with Gasteiger partial charge in [0.1, 0.15) is 5.75 Å². The van der Waals surface area contributed by atoms with Gasteiger partial charge in [-0.25, -0.2) is 13.2 Å².